The van der Waals surface area contributed by atoms with E-state index in [2.05, 4.69) is 33.1 Å². The molecule has 7 nitrogen and oxygen atoms in total. The molecule has 0 saturated carbocycles. The number of piperazine rings is 1. The average Bonchev–Trinajstić information content (AvgIpc) is 2.89. The van der Waals surface area contributed by atoms with E-state index in [1.807, 2.05) is 48.5 Å². The van der Waals surface area contributed by atoms with E-state index >= 15 is 0 Å². The summed E-state index contributed by atoms with van der Waals surface area (Å²) in [7, 11) is 2.09. The molecule has 1 saturated heterocycles. The predicted molar refractivity (Wildman–Crippen MR) is 140 cm³/mol. The second-order valence-corrected chi connectivity index (χ2v) is 10.3. The standard InChI is InChI=1S/C28H30ClN5O2/c1-32-8-10-33(11-9-32)26-13-22(27(35)15-28(26)36)12-25(20-4-2-19(16-30)3-5-20)34-17-21-6-7-23(29)14-24(21)31-18-34/h2-7,13-14,25-26,31H,8-12,15,17-18H2,1H3. The monoisotopic (exact) mass is 503 g/mol. The Morgan fingerprint density at radius 2 is 1.86 bits per heavy atom. The highest BCUT2D eigenvalue weighted by Crippen LogP contribution is 2.35. The van der Waals surface area contributed by atoms with Gasteiger partial charge in [0.15, 0.2) is 11.6 Å². The van der Waals surface area contributed by atoms with Gasteiger partial charge < -0.3 is 10.2 Å². The Kier molecular flexibility index (Phi) is 7.22. The summed E-state index contributed by atoms with van der Waals surface area (Å²) >= 11 is 6.18. The third kappa shape index (κ3) is 5.23. The second kappa shape index (κ2) is 10.5. The minimum Gasteiger partial charge on any atom is -0.372 e. The fraction of sp³-hybridized carbons (Fsp3) is 0.393. The van der Waals surface area contributed by atoms with E-state index in [9.17, 15) is 14.9 Å². The Labute approximate surface area is 216 Å². The Hall–Kier alpha value is -3.02. The first-order valence-electron chi connectivity index (χ1n) is 12.4. The zero-order valence-electron chi connectivity index (χ0n) is 20.4. The van der Waals surface area contributed by atoms with E-state index in [0.717, 1.165) is 48.6 Å². The molecule has 2 aromatic rings. The van der Waals surface area contributed by atoms with Crippen molar-refractivity contribution in [3.63, 3.8) is 0 Å². The number of benzene rings is 2. The molecular formula is C28H30ClN5O2. The van der Waals surface area contributed by atoms with Crippen LogP contribution in [0.4, 0.5) is 5.69 Å². The zero-order valence-corrected chi connectivity index (χ0v) is 21.2. The van der Waals surface area contributed by atoms with Crippen LogP contribution in [0, 0.1) is 11.3 Å². The van der Waals surface area contributed by atoms with Crippen LogP contribution < -0.4 is 5.32 Å². The molecule has 1 N–H and O–H groups in total. The van der Waals surface area contributed by atoms with E-state index in [1.165, 1.54) is 0 Å². The SMILES string of the molecule is CN1CCN(C2C=C(CC(c3ccc(C#N)cc3)N3CNc4cc(Cl)ccc4C3)C(=O)CC2=O)CC1. The van der Waals surface area contributed by atoms with Crippen molar-refractivity contribution in [2.75, 3.05) is 45.2 Å². The minimum absolute atomic E-state index is 0.00586. The number of likely N-dealkylation sites (N-methyl/N-ethyl adjacent to an activating group) is 1. The number of carbonyl (C=O) groups excluding carboxylic acids is 2. The van der Waals surface area contributed by atoms with Crippen LogP contribution >= 0.6 is 11.6 Å². The summed E-state index contributed by atoms with van der Waals surface area (Å²) in [5.41, 5.74) is 4.51. The van der Waals surface area contributed by atoms with Crippen molar-refractivity contribution in [3.8, 4) is 6.07 Å². The Balaban J connectivity index is 1.44. The highest BCUT2D eigenvalue weighted by atomic mass is 35.5. The van der Waals surface area contributed by atoms with Gasteiger partial charge in [-0.05, 0) is 54.4 Å². The maximum atomic E-state index is 13.1. The van der Waals surface area contributed by atoms with Gasteiger partial charge >= 0.3 is 0 Å². The first kappa shape index (κ1) is 24.7. The van der Waals surface area contributed by atoms with Crippen LogP contribution in [-0.4, -0.2) is 72.2 Å². The van der Waals surface area contributed by atoms with Crippen LogP contribution in [0.2, 0.25) is 5.02 Å². The molecule has 5 rings (SSSR count). The number of fused-ring (bicyclic) bond motifs is 1. The number of nitrogens with zero attached hydrogens (tertiary/aromatic N) is 4. The lowest BCUT2D eigenvalue weighted by molar-refractivity contribution is -0.129. The molecule has 2 unspecified atom stereocenters. The first-order valence-corrected chi connectivity index (χ1v) is 12.7. The molecule has 8 heteroatoms. The number of hydrogen-bond acceptors (Lipinski definition) is 7. The lowest BCUT2D eigenvalue weighted by Gasteiger charge is -2.39. The molecular weight excluding hydrogens is 474 g/mol. The minimum atomic E-state index is -0.338. The van der Waals surface area contributed by atoms with Crippen LogP contribution in [0.1, 0.15) is 35.6 Å². The van der Waals surface area contributed by atoms with E-state index in [1.54, 1.807) is 0 Å². The molecule has 0 aromatic heterocycles. The smallest absolute Gasteiger partial charge is 0.166 e. The number of nitriles is 1. The van der Waals surface area contributed by atoms with Crippen molar-refractivity contribution in [2.45, 2.75) is 31.5 Å². The van der Waals surface area contributed by atoms with E-state index < -0.39 is 0 Å². The first-order chi connectivity index (χ1) is 17.4. The summed E-state index contributed by atoms with van der Waals surface area (Å²) < 4.78 is 0. The summed E-state index contributed by atoms with van der Waals surface area (Å²) in [6, 6.07) is 15.2. The van der Waals surface area contributed by atoms with Gasteiger partial charge in [0.2, 0.25) is 0 Å². The van der Waals surface area contributed by atoms with Gasteiger partial charge in [0.05, 0.1) is 30.8 Å². The van der Waals surface area contributed by atoms with Crippen molar-refractivity contribution >= 4 is 28.9 Å². The highest BCUT2D eigenvalue weighted by Gasteiger charge is 2.35. The molecule has 2 atom stereocenters. The molecule has 186 valence electrons. The lowest BCUT2D eigenvalue weighted by Crippen LogP contribution is -2.52. The van der Waals surface area contributed by atoms with Crippen molar-refractivity contribution < 1.29 is 9.59 Å². The molecule has 0 amide bonds. The average molecular weight is 504 g/mol. The van der Waals surface area contributed by atoms with Crippen LogP contribution in [0.3, 0.4) is 0 Å². The topological polar surface area (TPSA) is 79.7 Å². The number of Topliss-reactive ketones (excluding diaryl/α,β-unsaturated/α-hetero) is 2. The van der Waals surface area contributed by atoms with Crippen molar-refractivity contribution in [1.29, 1.82) is 5.26 Å². The molecule has 0 bridgehead atoms. The normalized spacial score (nSPS) is 22.4. The molecule has 2 aliphatic heterocycles. The number of anilines is 1. The summed E-state index contributed by atoms with van der Waals surface area (Å²) in [6.07, 6.45) is 2.39. The lowest BCUT2D eigenvalue weighted by atomic mass is 9.86. The number of rotatable bonds is 5. The van der Waals surface area contributed by atoms with Gasteiger partial charge in [0.1, 0.15) is 0 Å². The second-order valence-electron chi connectivity index (χ2n) is 9.88. The fourth-order valence-corrected chi connectivity index (χ4v) is 5.49. The van der Waals surface area contributed by atoms with Gasteiger partial charge in [-0.15, -0.1) is 0 Å². The van der Waals surface area contributed by atoms with E-state index in [-0.39, 0.29) is 30.1 Å². The van der Waals surface area contributed by atoms with Crippen molar-refractivity contribution in [2.24, 2.45) is 0 Å². The Morgan fingerprint density at radius 3 is 2.58 bits per heavy atom. The third-order valence-electron chi connectivity index (χ3n) is 7.51. The van der Waals surface area contributed by atoms with Crippen LogP contribution in [0.5, 0.6) is 0 Å². The predicted octanol–water partition coefficient (Wildman–Crippen LogP) is 3.61. The van der Waals surface area contributed by atoms with Gasteiger partial charge in [-0.25, -0.2) is 0 Å². The maximum Gasteiger partial charge on any atom is 0.166 e. The molecule has 0 spiro atoms. The summed E-state index contributed by atoms with van der Waals surface area (Å²) in [4.78, 5) is 32.7. The quantitative estimate of drug-likeness (QED) is 0.624. The van der Waals surface area contributed by atoms with Crippen LogP contribution in [0.25, 0.3) is 0 Å². The van der Waals surface area contributed by atoms with Gasteiger partial charge in [-0.3, -0.25) is 19.4 Å². The van der Waals surface area contributed by atoms with Crippen molar-refractivity contribution in [3.05, 3.63) is 75.8 Å². The molecule has 36 heavy (non-hydrogen) atoms. The molecule has 0 radical (unpaired) electrons. The third-order valence-corrected chi connectivity index (χ3v) is 7.74. The van der Waals surface area contributed by atoms with Crippen LogP contribution in [-0.2, 0) is 16.1 Å². The number of carbonyl (C=O) groups is 2. The van der Waals surface area contributed by atoms with Crippen molar-refractivity contribution in [1.82, 2.24) is 14.7 Å². The number of ketones is 2. The number of halogens is 1. The van der Waals surface area contributed by atoms with Crippen LogP contribution in [0.15, 0.2) is 54.1 Å². The zero-order chi connectivity index (χ0) is 25.2. The molecule has 1 aliphatic carbocycles. The molecule has 3 aliphatic rings. The largest absolute Gasteiger partial charge is 0.372 e. The fourth-order valence-electron chi connectivity index (χ4n) is 5.32. The Bertz CT molecular complexity index is 1230. The summed E-state index contributed by atoms with van der Waals surface area (Å²) in [6.45, 7) is 4.76. The van der Waals surface area contributed by atoms with Gasteiger partial charge in [0, 0.05) is 49.5 Å². The van der Waals surface area contributed by atoms with E-state index in [0.29, 0.717) is 30.2 Å². The molecule has 2 heterocycles. The highest BCUT2D eigenvalue weighted by molar-refractivity contribution is 6.30. The molecule has 2 aromatic carbocycles. The summed E-state index contributed by atoms with van der Waals surface area (Å²) in [5, 5.41) is 13.4. The number of nitrogens with one attached hydrogen (secondary N) is 1. The van der Waals surface area contributed by atoms with Gasteiger partial charge in [-0.2, -0.15) is 5.26 Å². The molecule has 1 fully saturated rings. The van der Waals surface area contributed by atoms with E-state index in [4.69, 9.17) is 11.6 Å². The maximum absolute atomic E-state index is 13.1. The van der Waals surface area contributed by atoms with Gasteiger partial charge in [0.25, 0.3) is 0 Å². The number of hydrogen-bond donors (Lipinski definition) is 1. The Morgan fingerprint density at radius 1 is 1.11 bits per heavy atom. The van der Waals surface area contributed by atoms with Gasteiger partial charge in [-0.1, -0.05) is 35.9 Å². The summed E-state index contributed by atoms with van der Waals surface area (Å²) in [5.74, 6) is -0.0881.